The SMILES string of the molecule is COP(=S)(OC)SC(=N)N(C)C. The zero-order valence-electron chi connectivity index (χ0n) is 7.53. The topological polar surface area (TPSA) is 45.6 Å². The van der Waals surface area contributed by atoms with E-state index in [1.165, 1.54) is 14.2 Å². The summed E-state index contributed by atoms with van der Waals surface area (Å²) < 4.78 is 10.0. The molecule has 0 rings (SSSR count). The van der Waals surface area contributed by atoms with Gasteiger partial charge in [-0.1, -0.05) is 0 Å². The third-order valence-corrected chi connectivity index (χ3v) is 6.36. The van der Waals surface area contributed by atoms with E-state index < -0.39 is 5.69 Å². The molecule has 72 valence electrons. The lowest BCUT2D eigenvalue weighted by atomic mass is 11.0. The van der Waals surface area contributed by atoms with Crippen LogP contribution >= 0.6 is 17.1 Å². The Morgan fingerprint density at radius 1 is 1.42 bits per heavy atom. The Kier molecular flexibility index (Phi) is 5.36. The van der Waals surface area contributed by atoms with Crippen molar-refractivity contribution in [1.29, 1.82) is 5.41 Å². The van der Waals surface area contributed by atoms with Crippen LogP contribution < -0.4 is 0 Å². The van der Waals surface area contributed by atoms with E-state index in [0.717, 1.165) is 11.4 Å². The van der Waals surface area contributed by atoms with Crippen LogP contribution in [0.2, 0.25) is 0 Å². The minimum Gasteiger partial charge on any atom is -0.357 e. The summed E-state index contributed by atoms with van der Waals surface area (Å²) >= 11 is 6.21. The molecule has 1 N–H and O–H groups in total. The van der Waals surface area contributed by atoms with Gasteiger partial charge >= 0.3 is 0 Å². The van der Waals surface area contributed by atoms with E-state index in [1.807, 2.05) is 0 Å². The summed E-state index contributed by atoms with van der Waals surface area (Å²) in [6.45, 7) is 0. The summed E-state index contributed by atoms with van der Waals surface area (Å²) in [6, 6.07) is 0. The smallest absolute Gasteiger partial charge is 0.254 e. The first-order valence-electron chi connectivity index (χ1n) is 3.12. The zero-order valence-corrected chi connectivity index (χ0v) is 10.1. The molecule has 0 aliphatic rings. The van der Waals surface area contributed by atoms with E-state index in [0.29, 0.717) is 5.17 Å². The molecule has 0 atom stereocenters. The van der Waals surface area contributed by atoms with E-state index in [4.69, 9.17) is 26.3 Å². The molecular formula is C5H13N2O2PS2. The lowest BCUT2D eigenvalue weighted by molar-refractivity contribution is 0.354. The summed E-state index contributed by atoms with van der Waals surface area (Å²) in [5.74, 6) is 0. The molecule has 0 saturated carbocycles. The van der Waals surface area contributed by atoms with E-state index in [1.54, 1.807) is 19.0 Å². The Labute approximate surface area is 82.0 Å². The molecular weight excluding hydrogens is 215 g/mol. The van der Waals surface area contributed by atoms with Crippen LogP contribution in [0.5, 0.6) is 0 Å². The van der Waals surface area contributed by atoms with E-state index in [9.17, 15) is 0 Å². The summed E-state index contributed by atoms with van der Waals surface area (Å²) in [7, 11) is 6.56. The molecule has 7 heteroatoms. The van der Waals surface area contributed by atoms with Crippen molar-refractivity contribution in [3.05, 3.63) is 0 Å². The van der Waals surface area contributed by atoms with Crippen LogP contribution in [-0.4, -0.2) is 38.4 Å². The predicted molar refractivity (Wildman–Crippen MR) is 57.3 cm³/mol. The Hall–Kier alpha value is 0.390. The fourth-order valence-electron chi connectivity index (χ4n) is 0.337. The Bertz CT molecular complexity index is 202. The number of amidine groups is 1. The second kappa shape index (κ2) is 5.19. The molecule has 0 aliphatic heterocycles. The monoisotopic (exact) mass is 228 g/mol. The molecule has 0 aromatic rings. The Balaban J connectivity index is 4.23. The summed E-state index contributed by atoms with van der Waals surface area (Å²) in [5, 5.41) is 7.84. The molecule has 4 nitrogen and oxygen atoms in total. The van der Waals surface area contributed by atoms with E-state index >= 15 is 0 Å². The molecule has 0 aromatic heterocycles. The van der Waals surface area contributed by atoms with Gasteiger partial charge in [-0.15, -0.1) is 0 Å². The Morgan fingerprint density at radius 3 is 2.08 bits per heavy atom. The second-order valence-electron chi connectivity index (χ2n) is 2.10. The molecule has 0 amide bonds. The number of rotatable bonds is 3. The highest BCUT2D eigenvalue weighted by Gasteiger charge is 2.20. The fraction of sp³-hybridized carbons (Fsp3) is 0.800. The van der Waals surface area contributed by atoms with Gasteiger partial charge in [0.25, 0.3) is 5.69 Å². The average molecular weight is 228 g/mol. The van der Waals surface area contributed by atoms with Crippen molar-refractivity contribution < 1.29 is 9.05 Å². The van der Waals surface area contributed by atoms with Crippen LogP contribution in [0.15, 0.2) is 0 Å². The van der Waals surface area contributed by atoms with Gasteiger partial charge in [0.2, 0.25) is 0 Å². The summed E-state index contributed by atoms with van der Waals surface area (Å²) in [5.41, 5.74) is -2.31. The number of nitrogens with one attached hydrogen (secondary N) is 1. The van der Waals surface area contributed by atoms with Crippen molar-refractivity contribution >= 4 is 34.0 Å². The molecule has 0 heterocycles. The fourth-order valence-corrected chi connectivity index (χ4v) is 3.22. The number of nitrogens with zero attached hydrogens (tertiary/aromatic N) is 1. The summed E-state index contributed by atoms with van der Waals surface area (Å²) in [6.07, 6.45) is 0. The van der Waals surface area contributed by atoms with Crippen molar-refractivity contribution in [2.24, 2.45) is 0 Å². The van der Waals surface area contributed by atoms with Crippen molar-refractivity contribution in [3.63, 3.8) is 0 Å². The lowest BCUT2D eigenvalue weighted by Crippen LogP contribution is -2.17. The van der Waals surface area contributed by atoms with Gasteiger partial charge in [0.15, 0.2) is 5.17 Å². The second-order valence-corrected chi connectivity index (χ2v) is 8.42. The first kappa shape index (κ1) is 12.4. The van der Waals surface area contributed by atoms with Crippen LogP contribution in [0.4, 0.5) is 0 Å². The van der Waals surface area contributed by atoms with Gasteiger partial charge in [-0.05, 0) is 11.8 Å². The Morgan fingerprint density at radius 2 is 1.83 bits per heavy atom. The predicted octanol–water partition coefficient (Wildman–Crippen LogP) is 1.73. The third kappa shape index (κ3) is 3.87. The van der Waals surface area contributed by atoms with Crippen LogP contribution in [0.25, 0.3) is 0 Å². The molecule has 0 fully saturated rings. The van der Waals surface area contributed by atoms with Gasteiger partial charge < -0.3 is 13.9 Å². The van der Waals surface area contributed by atoms with Crippen molar-refractivity contribution in [1.82, 2.24) is 4.90 Å². The van der Waals surface area contributed by atoms with Gasteiger partial charge in [-0.2, -0.15) is 0 Å². The minimum atomic E-state index is -2.31. The van der Waals surface area contributed by atoms with Crippen LogP contribution in [0, 0.1) is 5.41 Å². The highest BCUT2D eigenvalue weighted by atomic mass is 32.9. The van der Waals surface area contributed by atoms with Gasteiger partial charge in [0, 0.05) is 39.7 Å². The maximum absolute atomic E-state index is 7.50. The standard InChI is InChI=1S/C5H13N2O2PS2/c1-7(2)5(6)12-10(11,8-3)9-4/h6H,1-4H3. The van der Waals surface area contributed by atoms with E-state index in [-0.39, 0.29) is 0 Å². The molecule has 0 spiro atoms. The van der Waals surface area contributed by atoms with Crippen molar-refractivity contribution in [3.8, 4) is 0 Å². The largest absolute Gasteiger partial charge is 0.357 e. The van der Waals surface area contributed by atoms with Gasteiger partial charge in [-0.25, -0.2) is 0 Å². The lowest BCUT2D eigenvalue weighted by Gasteiger charge is -2.19. The number of hydrogen-bond acceptors (Lipinski definition) is 5. The maximum atomic E-state index is 7.50. The normalized spacial score (nSPS) is 11.3. The minimum absolute atomic E-state index is 0.349. The summed E-state index contributed by atoms with van der Waals surface area (Å²) in [4.78, 5) is 1.66. The molecule has 0 aromatic carbocycles. The molecule has 0 aliphatic carbocycles. The molecule has 0 bridgehead atoms. The average Bonchev–Trinajstić information content (AvgIpc) is 2.04. The first-order valence-corrected chi connectivity index (χ1v) is 7.18. The maximum Gasteiger partial charge on any atom is 0.254 e. The third-order valence-electron chi connectivity index (χ3n) is 1.05. The quantitative estimate of drug-likeness (QED) is 0.453. The zero-order chi connectivity index (χ0) is 9.78. The van der Waals surface area contributed by atoms with E-state index in [2.05, 4.69) is 0 Å². The first-order chi connectivity index (χ1) is 5.45. The highest BCUT2D eigenvalue weighted by molar-refractivity contribution is 8.73. The highest BCUT2D eigenvalue weighted by Crippen LogP contribution is 2.60. The van der Waals surface area contributed by atoms with Crippen molar-refractivity contribution in [2.75, 3.05) is 28.3 Å². The molecule has 12 heavy (non-hydrogen) atoms. The number of hydrogen-bond donors (Lipinski definition) is 1. The van der Waals surface area contributed by atoms with Gasteiger partial charge in [0.1, 0.15) is 0 Å². The van der Waals surface area contributed by atoms with Crippen molar-refractivity contribution in [2.45, 2.75) is 0 Å². The van der Waals surface area contributed by atoms with Gasteiger partial charge in [0.05, 0.1) is 0 Å². The van der Waals surface area contributed by atoms with Crippen LogP contribution in [0.3, 0.4) is 0 Å². The molecule has 0 unspecified atom stereocenters. The van der Waals surface area contributed by atoms with Gasteiger partial charge in [-0.3, -0.25) is 5.41 Å². The molecule has 0 saturated heterocycles. The van der Waals surface area contributed by atoms with Crippen LogP contribution in [-0.2, 0) is 20.9 Å². The molecule has 0 radical (unpaired) electrons. The van der Waals surface area contributed by atoms with Crippen LogP contribution in [0.1, 0.15) is 0 Å².